The molecule has 36 heavy (non-hydrogen) atoms. The molecule has 2 rings (SSSR count). The predicted molar refractivity (Wildman–Crippen MR) is 145 cm³/mol. The van der Waals surface area contributed by atoms with E-state index in [4.69, 9.17) is 10.5 Å². The Morgan fingerprint density at radius 1 is 0.694 bits per heavy atom. The van der Waals surface area contributed by atoms with E-state index < -0.39 is 0 Å². The Balaban J connectivity index is 1.29. The third kappa shape index (κ3) is 12.0. The monoisotopic (exact) mass is 498 g/mol. The maximum Gasteiger partial charge on any atom is 0.261 e. The van der Waals surface area contributed by atoms with Gasteiger partial charge in [0.2, 0.25) is 5.91 Å². The molecule has 0 fully saturated rings. The summed E-state index contributed by atoms with van der Waals surface area (Å²) in [7, 11) is 0. The molecule has 200 valence electrons. The summed E-state index contributed by atoms with van der Waals surface area (Å²) in [4.78, 5) is 36.6. The van der Waals surface area contributed by atoms with Crippen molar-refractivity contribution >= 4 is 17.7 Å². The number of amides is 3. The summed E-state index contributed by atoms with van der Waals surface area (Å²) in [6, 6.07) is 6.98. The Hall–Kier alpha value is -2.47. The van der Waals surface area contributed by atoms with Crippen molar-refractivity contribution in [3.63, 3.8) is 0 Å². The van der Waals surface area contributed by atoms with Crippen LogP contribution in [0, 0.1) is 0 Å². The van der Waals surface area contributed by atoms with Gasteiger partial charge in [-0.3, -0.25) is 19.3 Å². The Labute approximate surface area is 217 Å². The maximum absolute atomic E-state index is 12.3. The van der Waals surface area contributed by atoms with E-state index in [0.717, 1.165) is 19.3 Å². The number of ether oxygens (including phenoxy) is 1. The first-order valence-corrected chi connectivity index (χ1v) is 14.1. The van der Waals surface area contributed by atoms with Crippen LogP contribution in [0.15, 0.2) is 36.4 Å². The van der Waals surface area contributed by atoms with Crippen molar-refractivity contribution in [2.75, 3.05) is 19.8 Å². The highest BCUT2D eigenvalue weighted by atomic mass is 16.5. The molecule has 0 aromatic heterocycles. The van der Waals surface area contributed by atoms with Crippen LogP contribution < -0.4 is 5.73 Å². The Morgan fingerprint density at radius 3 is 1.69 bits per heavy atom. The normalized spacial score (nSPS) is 13.2. The van der Waals surface area contributed by atoms with E-state index in [-0.39, 0.29) is 17.7 Å². The molecule has 0 atom stereocenters. The van der Waals surface area contributed by atoms with Gasteiger partial charge in [0.15, 0.2) is 0 Å². The number of primary amides is 1. The number of allylic oxidation sites excluding steroid dienone is 2. The van der Waals surface area contributed by atoms with E-state index in [1.165, 1.54) is 81.9 Å². The van der Waals surface area contributed by atoms with Crippen LogP contribution in [-0.2, 0) is 9.53 Å². The Kier molecular flexibility index (Phi) is 15.5. The number of rotatable bonds is 22. The van der Waals surface area contributed by atoms with Crippen molar-refractivity contribution in [2.45, 2.75) is 103 Å². The molecule has 1 aliphatic heterocycles. The van der Waals surface area contributed by atoms with Crippen LogP contribution in [0.3, 0.4) is 0 Å². The van der Waals surface area contributed by atoms with Crippen molar-refractivity contribution < 1.29 is 19.1 Å². The largest absolute Gasteiger partial charge is 0.380 e. The van der Waals surface area contributed by atoms with Gasteiger partial charge in [0.1, 0.15) is 0 Å². The Bertz CT molecular complexity index is 786. The summed E-state index contributed by atoms with van der Waals surface area (Å²) in [6.07, 6.45) is 23.2. The van der Waals surface area contributed by atoms with Gasteiger partial charge in [0.05, 0.1) is 24.3 Å². The van der Waals surface area contributed by atoms with E-state index in [9.17, 15) is 14.4 Å². The molecule has 2 N–H and O–H groups in total. The summed E-state index contributed by atoms with van der Waals surface area (Å²) < 4.78 is 5.66. The van der Waals surface area contributed by atoms with Gasteiger partial charge in [-0.15, -0.1) is 0 Å². The van der Waals surface area contributed by atoms with Gasteiger partial charge in [-0.2, -0.15) is 0 Å². The van der Waals surface area contributed by atoms with Gasteiger partial charge in [0, 0.05) is 13.0 Å². The fourth-order valence-corrected chi connectivity index (χ4v) is 4.55. The number of benzene rings is 1. The molecule has 1 aliphatic rings. The van der Waals surface area contributed by atoms with E-state index in [1.54, 1.807) is 24.3 Å². The number of hydrogen-bond donors (Lipinski definition) is 1. The molecule has 0 unspecified atom stereocenters. The summed E-state index contributed by atoms with van der Waals surface area (Å²) in [5.74, 6) is -0.606. The fraction of sp³-hybridized carbons (Fsp3) is 0.633. The number of imide groups is 1. The molecule has 1 aromatic carbocycles. The topological polar surface area (TPSA) is 89.7 Å². The van der Waals surface area contributed by atoms with Crippen molar-refractivity contribution in [1.29, 1.82) is 0 Å². The maximum atomic E-state index is 12.3. The second kappa shape index (κ2) is 18.8. The van der Waals surface area contributed by atoms with Crippen LogP contribution in [-0.4, -0.2) is 42.4 Å². The van der Waals surface area contributed by atoms with Gasteiger partial charge < -0.3 is 10.5 Å². The average Bonchev–Trinajstić information content (AvgIpc) is 3.11. The van der Waals surface area contributed by atoms with Crippen LogP contribution >= 0.6 is 0 Å². The van der Waals surface area contributed by atoms with Crippen LogP contribution in [0.1, 0.15) is 123 Å². The molecule has 0 radical (unpaired) electrons. The van der Waals surface area contributed by atoms with E-state index in [1.807, 2.05) is 0 Å². The molecular formula is C30H46N2O4. The predicted octanol–water partition coefficient (Wildman–Crippen LogP) is 6.58. The highest BCUT2D eigenvalue weighted by Crippen LogP contribution is 2.22. The quantitative estimate of drug-likeness (QED) is 0.111. The highest BCUT2D eigenvalue weighted by molar-refractivity contribution is 6.21. The molecule has 3 amide bonds. The number of nitrogens with two attached hydrogens (primary N) is 1. The molecule has 0 aliphatic carbocycles. The van der Waals surface area contributed by atoms with Crippen LogP contribution in [0.25, 0.3) is 0 Å². The lowest BCUT2D eigenvalue weighted by molar-refractivity contribution is -0.118. The van der Waals surface area contributed by atoms with Gasteiger partial charge in [-0.25, -0.2) is 0 Å². The van der Waals surface area contributed by atoms with Crippen LogP contribution in [0.5, 0.6) is 0 Å². The molecule has 6 nitrogen and oxygen atoms in total. The minimum absolute atomic E-state index is 0.183. The van der Waals surface area contributed by atoms with E-state index in [2.05, 4.69) is 12.2 Å². The second-order valence-corrected chi connectivity index (χ2v) is 9.78. The number of unbranched alkanes of at least 4 members (excludes halogenated alkanes) is 13. The zero-order chi connectivity index (χ0) is 25.8. The highest BCUT2D eigenvalue weighted by Gasteiger charge is 2.34. The lowest BCUT2D eigenvalue weighted by Gasteiger charge is -2.13. The first kappa shape index (κ1) is 29.8. The molecule has 0 bridgehead atoms. The SMILES string of the molecule is NC(=O)CCCCCCCC=CCCCCCCCCCCOCCN1C(=O)c2ccccc2C1=O. The fourth-order valence-electron chi connectivity index (χ4n) is 4.55. The number of carbonyl (C=O) groups is 3. The molecule has 1 aromatic rings. The van der Waals surface area contributed by atoms with Gasteiger partial charge >= 0.3 is 0 Å². The Morgan fingerprint density at radius 2 is 1.17 bits per heavy atom. The van der Waals surface area contributed by atoms with Crippen molar-refractivity contribution in [3.8, 4) is 0 Å². The number of fused-ring (bicyclic) bond motifs is 1. The van der Waals surface area contributed by atoms with Gasteiger partial charge in [-0.1, -0.05) is 82.1 Å². The third-order valence-corrected chi connectivity index (χ3v) is 6.71. The van der Waals surface area contributed by atoms with Crippen LogP contribution in [0.4, 0.5) is 0 Å². The first-order valence-electron chi connectivity index (χ1n) is 14.1. The van der Waals surface area contributed by atoms with Crippen molar-refractivity contribution in [1.82, 2.24) is 4.90 Å². The average molecular weight is 499 g/mol. The lowest BCUT2D eigenvalue weighted by atomic mass is 10.1. The first-order chi connectivity index (χ1) is 17.6. The number of carbonyl (C=O) groups excluding carboxylic acids is 3. The molecule has 0 saturated carbocycles. The third-order valence-electron chi connectivity index (χ3n) is 6.71. The molecule has 0 saturated heterocycles. The summed E-state index contributed by atoms with van der Waals surface area (Å²) >= 11 is 0. The zero-order valence-electron chi connectivity index (χ0n) is 22.1. The zero-order valence-corrected chi connectivity index (χ0v) is 22.1. The number of hydrogen-bond acceptors (Lipinski definition) is 4. The molecule has 1 heterocycles. The second-order valence-electron chi connectivity index (χ2n) is 9.78. The van der Waals surface area contributed by atoms with Gasteiger partial charge in [-0.05, 0) is 50.7 Å². The van der Waals surface area contributed by atoms with Gasteiger partial charge in [0.25, 0.3) is 11.8 Å². The van der Waals surface area contributed by atoms with E-state index >= 15 is 0 Å². The molecular weight excluding hydrogens is 452 g/mol. The minimum atomic E-state index is -0.211. The lowest BCUT2D eigenvalue weighted by Crippen LogP contribution is -2.33. The summed E-state index contributed by atoms with van der Waals surface area (Å²) in [5.41, 5.74) is 6.13. The molecule has 6 heteroatoms. The smallest absolute Gasteiger partial charge is 0.261 e. The standard InChI is InChI=1S/C30H46N2O4/c31-28(33)22-16-14-12-10-8-6-4-2-1-3-5-7-9-11-13-15-19-24-36-25-23-32-29(34)26-20-17-18-21-27(26)30(32)35/h2,4,17-18,20-21H,1,3,5-16,19,22-25H2,(H2,31,33). The molecule has 0 spiro atoms. The van der Waals surface area contributed by atoms with E-state index in [0.29, 0.717) is 37.3 Å². The van der Waals surface area contributed by atoms with Crippen molar-refractivity contribution in [2.24, 2.45) is 5.73 Å². The minimum Gasteiger partial charge on any atom is -0.380 e. The number of nitrogens with zero attached hydrogens (tertiary/aromatic N) is 1. The summed E-state index contributed by atoms with van der Waals surface area (Å²) in [6.45, 7) is 1.41. The van der Waals surface area contributed by atoms with Crippen LogP contribution in [0.2, 0.25) is 0 Å². The van der Waals surface area contributed by atoms with Crippen molar-refractivity contribution in [3.05, 3.63) is 47.5 Å². The summed E-state index contributed by atoms with van der Waals surface area (Å²) in [5, 5.41) is 0.